The van der Waals surface area contributed by atoms with Crippen LogP contribution in [0.4, 0.5) is 0 Å². The first-order chi connectivity index (χ1) is 16.4. The molecule has 4 N–H and O–H groups in total. The molecular formula is C24H34N4O5S. The van der Waals surface area contributed by atoms with Crippen LogP contribution < -0.4 is 20.7 Å². The highest BCUT2D eigenvalue weighted by atomic mass is 32.2. The summed E-state index contributed by atoms with van der Waals surface area (Å²) in [5, 5.41) is 9.82. The van der Waals surface area contributed by atoms with Gasteiger partial charge in [0.05, 0.1) is 23.5 Å². The van der Waals surface area contributed by atoms with E-state index < -0.39 is 10.0 Å². The van der Waals surface area contributed by atoms with Crippen molar-refractivity contribution in [2.75, 3.05) is 19.7 Å². The fourth-order valence-corrected chi connectivity index (χ4v) is 7.40. The summed E-state index contributed by atoms with van der Waals surface area (Å²) in [7, 11) is -3.71. The predicted molar refractivity (Wildman–Crippen MR) is 125 cm³/mol. The van der Waals surface area contributed by atoms with E-state index >= 15 is 0 Å². The monoisotopic (exact) mass is 490 g/mol. The predicted octanol–water partition coefficient (Wildman–Crippen LogP) is 0.653. The highest BCUT2D eigenvalue weighted by Gasteiger charge is 2.42. The normalized spacial score (nSPS) is 33.5. The van der Waals surface area contributed by atoms with Gasteiger partial charge in [0.15, 0.2) is 0 Å². The number of carbonyl (C=O) groups is 2. The van der Waals surface area contributed by atoms with Crippen LogP contribution in [-0.4, -0.2) is 58.1 Å². The molecule has 4 aliphatic rings. The number of piperidine rings is 1. The van der Waals surface area contributed by atoms with Gasteiger partial charge in [-0.1, -0.05) is 18.6 Å². The lowest BCUT2D eigenvalue weighted by atomic mass is 9.73. The van der Waals surface area contributed by atoms with Gasteiger partial charge >= 0.3 is 5.97 Å². The molecule has 6 unspecified atom stereocenters. The van der Waals surface area contributed by atoms with Crippen molar-refractivity contribution in [3.8, 4) is 0 Å². The second kappa shape index (κ2) is 9.93. The number of rotatable bonds is 6. The summed E-state index contributed by atoms with van der Waals surface area (Å²) >= 11 is 0. The standard InChI is InChI=1S/C24H34N4O5S/c29-23(22-12-16-14-25-10-8-20(16)27-22)26-13-15-4-6-17(7-5-15)34(31,32)28-21-3-1-2-19-18(21)9-11-33-24(19)30/h4-7,16,18-22,25,27-28H,1-3,8-14H2,(H,26,29). The minimum absolute atomic E-state index is 0.00868. The van der Waals surface area contributed by atoms with Crippen molar-refractivity contribution >= 4 is 21.9 Å². The van der Waals surface area contributed by atoms with Gasteiger partial charge in [0.1, 0.15) is 0 Å². The van der Waals surface area contributed by atoms with Crippen molar-refractivity contribution in [3.63, 3.8) is 0 Å². The molecule has 1 aromatic carbocycles. The second-order valence-corrected chi connectivity index (χ2v) is 11.8. The Hall–Kier alpha value is -2.01. The molecule has 1 saturated carbocycles. The van der Waals surface area contributed by atoms with Gasteiger partial charge in [-0.3, -0.25) is 9.59 Å². The highest BCUT2D eigenvalue weighted by molar-refractivity contribution is 7.89. The summed E-state index contributed by atoms with van der Waals surface area (Å²) < 4.78 is 34.1. The third-order valence-electron chi connectivity index (χ3n) is 7.95. The zero-order chi connectivity index (χ0) is 23.7. The summed E-state index contributed by atoms with van der Waals surface area (Å²) in [4.78, 5) is 24.9. The SMILES string of the molecule is O=C(NCc1ccc(S(=O)(=O)NC2CCCC3C(=O)OCCC23)cc1)C1CC2CNCCC2N1. The average Bonchev–Trinajstić information content (AvgIpc) is 3.28. The molecule has 0 aromatic heterocycles. The van der Waals surface area contributed by atoms with Gasteiger partial charge in [0.2, 0.25) is 15.9 Å². The van der Waals surface area contributed by atoms with E-state index in [9.17, 15) is 18.0 Å². The lowest BCUT2D eigenvalue weighted by Gasteiger charge is -2.39. The van der Waals surface area contributed by atoms with Gasteiger partial charge in [-0.2, -0.15) is 0 Å². The zero-order valence-electron chi connectivity index (χ0n) is 19.3. The summed E-state index contributed by atoms with van der Waals surface area (Å²) in [6.07, 6.45) is 4.87. The first kappa shape index (κ1) is 23.7. The number of fused-ring (bicyclic) bond motifs is 2. The number of hydrogen-bond acceptors (Lipinski definition) is 7. The smallest absolute Gasteiger partial charge is 0.309 e. The number of ether oxygens (including phenoxy) is 1. The number of carbonyl (C=O) groups excluding carboxylic acids is 2. The second-order valence-electron chi connectivity index (χ2n) is 10.1. The number of cyclic esters (lactones) is 1. The maximum Gasteiger partial charge on any atom is 0.309 e. The van der Waals surface area contributed by atoms with E-state index in [1.54, 1.807) is 24.3 Å². The molecule has 0 bridgehead atoms. The fourth-order valence-electron chi connectivity index (χ4n) is 6.08. The van der Waals surface area contributed by atoms with Crippen molar-refractivity contribution in [2.24, 2.45) is 17.8 Å². The molecule has 1 amide bonds. The first-order valence-electron chi connectivity index (χ1n) is 12.4. The maximum atomic E-state index is 13.0. The Bertz CT molecular complexity index is 1000. The molecule has 3 heterocycles. The number of hydrogen-bond donors (Lipinski definition) is 4. The van der Waals surface area contributed by atoms with Gasteiger partial charge in [-0.05, 0) is 74.7 Å². The van der Waals surface area contributed by atoms with Crippen molar-refractivity contribution in [3.05, 3.63) is 29.8 Å². The van der Waals surface area contributed by atoms with Crippen LogP contribution in [0.15, 0.2) is 29.2 Å². The van der Waals surface area contributed by atoms with Gasteiger partial charge in [-0.15, -0.1) is 0 Å². The van der Waals surface area contributed by atoms with E-state index in [1.807, 2.05) is 0 Å². The molecule has 4 fully saturated rings. The molecule has 3 aliphatic heterocycles. The van der Waals surface area contributed by atoms with Crippen LogP contribution >= 0.6 is 0 Å². The molecule has 6 atom stereocenters. The largest absolute Gasteiger partial charge is 0.465 e. The summed E-state index contributed by atoms with van der Waals surface area (Å²) in [6, 6.07) is 6.61. The molecule has 9 nitrogen and oxygen atoms in total. The number of sulfonamides is 1. The van der Waals surface area contributed by atoms with Gasteiger partial charge in [0.25, 0.3) is 0 Å². The van der Waals surface area contributed by atoms with Crippen LogP contribution in [0.3, 0.4) is 0 Å². The molecule has 1 aliphatic carbocycles. The van der Waals surface area contributed by atoms with E-state index in [1.165, 1.54) is 0 Å². The molecule has 34 heavy (non-hydrogen) atoms. The van der Waals surface area contributed by atoms with Crippen LogP contribution in [0.2, 0.25) is 0 Å². The Balaban J connectivity index is 1.16. The summed E-state index contributed by atoms with van der Waals surface area (Å²) in [6.45, 7) is 2.65. The van der Waals surface area contributed by atoms with Crippen molar-refractivity contribution in [1.29, 1.82) is 0 Å². The van der Waals surface area contributed by atoms with Crippen LogP contribution in [0, 0.1) is 17.8 Å². The third-order valence-corrected chi connectivity index (χ3v) is 9.45. The molecule has 10 heteroatoms. The Labute approximate surface area is 200 Å². The quantitative estimate of drug-likeness (QED) is 0.432. The minimum Gasteiger partial charge on any atom is -0.465 e. The van der Waals surface area contributed by atoms with Crippen LogP contribution in [0.25, 0.3) is 0 Å². The topological polar surface area (TPSA) is 126 Å². The van der Waals surface area contributed by atoms with Crippen LogP contribution in [0.1, 0.15) is 44.1 Å². The first-order valence-corrected chi connectivity index (χ1v) is 13.9. The lowest BCUT2D eigenvalue weighted by molar-refractivity contribution is -0.159. The van der Waals surface area contributed by atoms with E-state index in [4.69, 9.17) is 4.74 Å². The van der Waals surface area contributed by atoms with E-state index in [0.29, 0.717) is 31.5 Å². The fraction of sp³-hybridized carbons (Fsp3) is 0.667. The Kier molecular flexibility index (Phi) is 6.92. The summed E-state index contributed by atoms with van der Waals surface area (Å²) in [5.74, 6) is 0.0689. The highest BCUT2D eigenvalue weighted by Crippen LogP contribution is 2.37. The molecule has 1 aromatic rings. The molecule has 0 spiro atoms. The average molecular weight is 491 g/mol. The Morgan fingerprint density at radius 2 is 1.94 bits per heavy atom. The lowest BCUT2D eigenvalue weighted by Crippen LogP contribution is -2.49. The van der Waals surface area contributed by atoms with Crippen molar-refractivity contribution in [1.82, 2.24) is 20.7 Å². The Morgan fingerprint density at radius 3 is 2.74 bits per heavy atom. The molecule has 5 rings (SSSR count). The van der Waals surface area contributed by atoms with Crippen molar-refractivity contribution in [2.45, 2.75) is 68.1 Å². The molecular weight excluding hydrogens is 456 g/mol. The number of amides is 1. The molecule has 0 radical (unpaired) electrons. The summed E-state index contributed by atoms with van der Waals surface area (Å²) in [5.41, 5.74) is 0.845. The van der Waals surface area contributed by atoms with Crippen molar-refractivity contribution < 1.29 is 22.7 Å². The third kappa shape index (κ3) is 5.00. The van der Waals surface area contributed by atoms with Crippen LogP contribution in [0.5, 0.6) is 0 Å². The minimum atomic E-state index is -3.71. The van der Waals surface area contributed by atoms with Crippen LogP contribution in [-0.2, 0) is 30.9 Å². The Morgan fingerprint density at radius 1 is 1.12 bits per heavy atom. The molecule has 3 saturated heterocycles. The van der Waals surface area contributed by atoms with Gasteiger partial charge in [-0.25, -0.2) is 13.1 Å². The van der Waals surface area contributed by atoms with E-state index in [-0.39, 0.29) is 40.7 Å². The number of nitrogens with one attached hydrogen (secondary N) is 4. The number of benzene rings is 1. The zero-order valence-corrected chi connectivity index (χ0v) is 20.1. The van der Waals surface area contributed by atoms with Gasteiger partial charge < -0.3 is 20.7 Å². The molecule has 186 valence electrons. The van der Waals surface area contributed by atoms with E-state index in [0.717, 1.165) is 50.8 Å². The van der Waals surface area contributed by atoms with Gasteiger partial charge in [0, 0.05) is 18.6 Å². The number of esters is 1. The maximum absolute atomic E-state index is 13.0. The van der Waals surface area contributed by atoms with E-state index in [2.05, 4.69) is 20.7 Å².